The van der Waals surface area contributed by atoms with E-state index in [1.165, 1.54) is 31.2 Å². The summed E-state index contributed by atoms with van der Waals surface area (Å²) in [5.74, 6) is -2.08. The molecule has 0 unspecified atom stereocenters. The molecule has 4 aromatic rings. The second-order valence-corrected chi connectivity index (χ2v) is 11.5. The van der Waals surface area contributed by atoms with Crippen LogP contribution in [0.1, 0.15) is 41.0 Å². The molecule has 1 amide bonds. The maximum atomic E-state index is 14.2. The predicted octanol–water partition coefficient (Wildman–Crippen LogP) is 5.66. The average Bonchev–Trinajstić information content (AvgIpc) is 3.26. The molecule has 1 aromatic heterocycles. The van der Waals surface area contributed by atoms with E-state index in [2.05, 4.69) is 15.1 Å². The lowest BCUT2D eigenvalue weighted by molar-refractivity contribution is -0.385. The number of sulfonamides is 1. The minimum absolute atomic E-state index is 0.0503. The highest BCUT2D eigenvalue weighted by atomic mass is 32.2. The molecule has 0 aliphatic rings. The molecule has 232 valence electrons. The summed E-state index contributed by atoms with van der Waals surface area (Å²) in [6, 6.07) is 11.7. The Labute approximate surface area is 248 Å². The SMILES string of the molecule is Cc1c(C(=O)NCc2cccc(C(F)(F)F)c2)nn(-c2cccc(F)c2)c1Oc1ccc([N+](=O)[O-])cc1S(=O)(=O)NC(C)C. The van der Waals surface area contributed by atoms with Gasteiger partial charge < -0.3 is 10.1 Å². The highest BCUT2D eigenvalue weighted by Crippen LogP contribution is 2.36. The zero-order chi connectivity index (χ0) is 32.4. The Kier molecular flexibility index (Phi) is 9.06. The fourth-order valence-corrected chi connectivity index (χ4v) is 5.50. The van der Waals surface area contributed by atoms with Crippen LogP contribution in [0.4, 0.5) is 23.2 Å². The molecule has 4 rings (SSSR count). The third kappa shape index (κ3) is 7.20. The smallest absolute Gasteiger partial charge is 0.416 e. The van der Waals surface area contributed by atoms with Gasteiger partial charge in [0.15, 0.2) is 5.69 Å². The van der Waals surface area contributed by atoms with Gasteiger partial charge in [0.25, 0.3) is 11.6 Å². The second-order valence-electron chi connectivity index (χ2n) is 9.82. The monoisotopic (exact) mass is 635 g/mol. The molecule has 0 fully saturated rings. The molecule has 0 atom stereocenters. The van der Waals surface area contributed by atoms with Crippen molar-refractivity contribution in [2.75, 3.05) is 0 Å². The van der Waals surface area contributed by atoms with E-state index in [-0.39, 0.29) is 40.7 Å². The first-order valence-corrected chi connectivity index (χ1v) is 14.3. The Morgan fingerprint density at radius 2 is 1.80 bits per heavy atom. The number of nitrogens with zero attached hydrogens (tertiary/aromatic N) is 3. The van der Waals surface area contributed by atoms with Crippen LogP contribution in [0.25, 0.3) is 5.69 Å². The summed E-state index contributed by atoms with van der Waals surface area (Å²) in [4.78, 5) is 23.2. The maximum Gasteiger partial charge on any atom is 0.416 e. The van der Waals surface area contributed by atoms with Gasteiger partial charge in [-0.15, -0.1) is 0 Å². The van der Waals surface area contributed by atoms with Gasteiger partial charge in [-0.1, -0.05) is 18.2 Å². The second kappa shape index (κ2) is 12.4. The molecule has 0 saturated heterocycles. The van der Waals surface area contributed by atoms with E-state index in [0.717, 1.165) is 47.1 Å². The number of nitrogens with one attached hydrogen (secondary N) is 2. The Hall–Kier alpha value is -4.83. The molecule has 44 heavy (non-hydrogen) atoms. The van der Waals surface area contributed by atoms with Gasteiger partial charge in [0, 0.05) is 30.3 Å². The van der Waals surface area contributed by atoms with Crippen LogP contribution in [0.3, 0.4) is 0 Å². The number of halogens is 4. The van der Waals surface area contributed by atoms with Crippen LogP contribution in [0.2, 0.25) is 0 Å². The molecule has 0 saturated carbocycles. The highest BCUT2D eigenvalue weighted by Gasteiger charge is 2.31. The molecular formula is C28H25F4N5O6S. The van der Waals surface area contributed by atoms with Crippen molar-refractivity contribution < 1.29 is 40.4 Å². The Morgan fingerprint density at radius 1 is 1.09 bits per heavy atom. The quantitative estimate of drug-likeness (QED) is 0.130. The lowest BCUT2D eigenvalue weighted by Gasteiger charge is -2.15. The third-order valence-electron chi connectivity index (χ3n) is 6.07. The van der Waals surface area contributed by atoms with E-state index in [1.807, 2.05) is 0 Å². The number of non-ortho nitro benzene ring substituents is 1. The summed E-state index contributed by atoms with van der Waals surface area (Å²) >= 11 is 0. The highest BCUT2D eigenvalue weighted by molar-refractivity contribution is 7.89. The summed E-state index contributed by atoms with van der Waals surface area (Å²) in [6.45, 7) is 4.20. The van der Waals surface area contributed by atoms with Crippen LogP contribution in [-0.2, 0) is 22.7 Å². The third-order valence-corrected chi connectivity index (χ3v) is 7.75. The summed E-state index contributed by atoms with van der Waals surface area (Å²) in [5.41, 5.74) is -1.41. The number of hydrogen-bond acceptors (Lipinski definition) is 7. The number of nitro groups is 1. The molecule has 0 spiro atoms. The summed E-state index contributed by atoms with van der Waals surface area (Å²) < 4.78 is 89.0. The number of alkyl halides is 3. The van der Waals surface area contributed by atoms with Gasteiger partial charge in [-0.25, -0.2) is 17.5 Å². The number of ether oxygens (including phenoxy) is 1. The molecule has 3 aromatic carbocycles. The number of aromatic nitrogens is 2. The van der Waals surface area contributed by atoms with E-state index < -0.39 is 55.0 Å². The fraction of sp³-hybridized carbons (Fsp3) is 0.214. The first-order chi connectivity index (χ1) is 20.6. The summed E-state index contributed by atoms with van der Waals surface area (Å²) in [7, 11) is -4.35. The molecular weight excluding hydrogens is 610 g/mol. The number of rotatable bonds is 10. The van der Waals surface area contributed by atoms with Crippen molar-refractivity contribution in [1.29, 1.82) is 0 Å². The number of carbonyl (C=O) groups excluding carboxylic acids is 1. The van der Waals surface area contributed by atoms with E-state index in [4.69, 9.17) is 4.74 Å². The molecule has 0 radical (unpaired) electrons. The lowest BCUT2D eigenvalue weighted by atomic mass is 10.1. The van der Waals surface area contributed by atoms with Crippen LogP contribution >= 0.6 is 0 Å². The molecule has 2 N–H and O–H groups in total. The standard InChI is InChI=1S/C28H25F4N5O6S/c1-16(2)35-44(41,42)24-14-22(37(39)40)10-11-23(24)43-27-17(3)25(34-36(27)21-9-5-8-20(29)13-21)26(38)33-15-18-6-4-7-19(12-18)28(30,31)32/h4-14,16,35H,15H2,1-3H3,(H,33,38). The van der Waals surface area contributed by atoms with Crippen molar-refractivity contribution in [2.45, 2.75) is 44.4 Å². The summed E-state index contributed by atoms with van der Waals surface area (Å²) in [5, 5.41) is 18.1. The van der Waals surface area contributed by atoms with Crippen LogP contribution in [-0.4, -0.2) is 35.1 Å². The van der Waals surface area contributed by atoms with Crippen molar-refractivity contribution in [3.63, 3.8) is 0 Å². The van der Waals surface area contributed by atoms with Crippen molar-refractivity contribution in [3.05, 3.63) is 105 Å². The largest absolute Gasteiger partial charge is 0.437 e. The minimum Gasteiger partial charge on any atom is -0.437 e. The number of benzene rings is 3. The zero-order valence-corrected chi connectivity index (χ0v) is 24.2. The van der Waals surface area contributed by atoms with Gasteiger partial charge >= 0.3 is 6.18 Å². The van der Waals surface area contributed by atoms with Gasteiger partial charge in [0.05, 0.1) is 16.2 Å². The Bertz CT molecular complexity index is 1840. The van der Waals surface area contributed by atoms with E-state index in [9.17, 15) is 40.9 Å². The van der Waals surface area contributed by atoms with Crippen molar-refractivity contribution >= 4 is 21.6 Å². The molecule has 16 heteroatoms. The number of amides is 1. The maximum absolute atomic E-state index is 14.2. The van der Waals surface area contributed by atoms with E-state index >= 15 is 0 Å². The first kappa shape index (κ1) is 32.1. The zero-order valence-electron chi connectivity index (χ0n) is 23.3. The number of nitro benzene ring substituents is 1. The van der Waals surface area contributed by atoms with Gasteiger partial charge in [-0.05, 0) is 62.7 Å². The van der Waals surface area contributed by atoms with Gasteiger partial charge in [-0.3, -0.25) is 14.9 Å². The summed E-state index contributed by atoms with van der Waals surface area (Å²) in [6.07, 6.45) is -4.58. The number of carbonyl (C=O) groups is 1. The minimum atomic E-state index is -4.58. The molecule has 1 heterocycles. The van der Waals surface area contributed by atoms with Crippen LogP contribution in [0, 0.1) is 22.9 Å². The van der Waals surface area contributed by atoms with E-state index in [0.29, 0.717) is 0 Å². The molecule has 0 bridgehead atoms. The molecule has 11 nitrogen and oxygen atoms in total. The van der Waals surface area contributed by atoms with Crippen molar-refractivity contribution in [2.24, 2.45) is 0 Å². The predicted molar refractivity (Wildman–Crippen MR) is 150 cm³/mol. The molecule has 0 aliphatic heterocycles. The molecule has 0 aliphatic carbocycles. The topological polar surface area (TPSA) is 145 Å². The van der Waals surface area contributed by atoms with Crippen molar-refractivity contribution in [1.82, 2.24) is 19.8 Å². The average molecular weight is 636 g/mol. The fourth-order valence-electron chi connectivity index (χ4n) is 4.11. The number of hydrogen-bond donors (Lipinski definition) is 2. The Morgan fingerprint density at radius 3 is 2.43 bits per heavy atom. The van der Waals surface area contributed by atoms with E-state index in [1.54, 1.807) is 13.8 Å². The van der Waals surface area contributed by atoms with Gasteiger partial charge in [0.1, 0.15) is 16.5 Å². The van der Waals surface area contributed by atoms with Crippen LogP contribution < -0.4 is 14.8 Å². The lowest BCUT2D eigenvalue weighted by Crippen LogP contribution is -2.30. The van der Waals surface area contributed by atoms with Gasteiger partial charge in [-0.2, -0.15) is 23.0 Å². The first-order valence-electron chi connectivity index (χ1n) is 12.9. The van der Waals surface area contributed by atoms with Crippen LogP contribution in [0.5, 0.6) is 11.6 Å². The van der Waals surface area contributed by atoms with Crippen molar-refractivity contribution in [3.8, 4) is 17.3 Å². The normalized spacial score (nSPS) is 11.9. The van der Waals surface area contributed by atoms with Gasteiger partial charge in [0.2, 0.25) is 15.9 Å². The van der Waals surface area contributed by atoms with Crippen LogP contribution in [0.15, 0.2) is 71.6 Å². The Balaban J connectivity index is 1.77.